The molecular weight excluding hydrogens is 388 g/mol. The molecule has 4 aliphatic rings. The van der Waals surface area contributed by atoms with E-state index in [2.05, 4.69) is 34.6 Å². The van der Waals surface area contributed by atoms with Crippen LogP contribution in [-0.2, 0) is 9.53 Å². The molecule has 9 atom stereocenters. The highest BCUT2D eigenvalue weighted by atomic mass is 16.6. The minimum atomic E-state index is -0.444. The lowest BCUT2D eigenvalue weighted by Gasteiger charge is -2.49. The fourth-order valence-corrected chi connectivity index (χ4v) is 8.44. The molecule has 3 aliphatic carbocycles. The number of hydrogen-bond donors (Lipinski definition) is 2. The molecule has 0 aromatic rings. The van der Waals surface area contributed by atoms with Crippen LogP contribution in [0.3, 0.4) is 0 Å². The van der Waals surface area contributed by atoms with Gasteiger partial charge in [-0.25, -0.2) is 0 Å². The van der Waals surface area contributed by atoms with Crippen LogP contribution >= 0.6 is 0 Å². The van der Waals surface area contributed by atoms with E-state index < -0.39 is 11.0 Å². The van der Waals surface area contributed by atoms with Gasteiger partial charge in [0.15, 0.2) is 0 Å². The molecule has 4 heteroatoms. The van der Waals surface area contributed by atoms with Crippen molar-refractivity contribution >= 4 is 5.78 Å². The average Bonchev–Trinajstić information content (AvgIpc) is 3.29. The number of carbonyl (C=O) groups excluding carboxylic acids is 1. The largest absolute Gasteiger partial charge is 0.396 e. The summed E-state index contributed by atoms with van der Waals surface area (Å²) in [6.45, 7) is 11.7. The molecule has 4 nitrogen and oxygen atoms in total. The third-order valence-corrected chi connectivity index (χ3v) is 10.4. The Morgan fingerprint density at radius 3 is 2.55 bits per heavy atom. The smallest absolute Gasteiger partial charge is 0.145 e. The topological polar surface area (TPSA) is 70.1 Å². The van der Waals surface area contributed by atoms with Gasteiger partial charge in [0.25, 0.3) is 0 Å². The maximum absolute atomic E-state index is 14.0. The van der Waals surface area contributed by atoms with Crippen LogP contribution in [0, 0.1) is 40.4 Å². The molecule has 1 aliphatic heterocycles. The highest BCUT2D eigenvalue weighted by molar-refractivity contribution is 5.90. The van der Waals surface area contributed by atoms with Gasteiger partial charge >= 0.3 is 0 Å². The van der Waals surface area contributed by atoms with Gasteiger partial charge in [-0.2, -0.15) is 0 Å². The monoisotopic (exact) mass is 434 g/mol. The first kappa shape index (κ1) is 23.7. The Kier molecular flexibility index (Phi) is 6.42. The van der Waals surface area contributed by atoms with Gasteiger partial charge < -0.3 is 14.9 Å². The van der Waals surface area contributed by atoms with Crippen LogP contribution in [0.4, 0.5) is 0 Å². The molecule has 1 heterocycles. The Balaban J connectivity index is 1.53. The second kappa shape index (κ2) is 8.40. The second-order valence-corrected chi connectivity index (χ2v) is 12.5. The van der Waals surface area contributed by atoms with E-state index in [0.29, 0.717) is 36.4 Å². The molecule has 1 spiro atoms. The van der Waals surface area contributed by atoms with E-state index in [1.807, 2.05) is 0 Å². The average molecular weight is 435 g/mol. The molecule has 3 saturated carbocycles. The van der Waals surface area contributed by atoms with Crippen molar-refractivity contribution in [2.24, 2.45) is 40.4 Å². The maximum atomic E-state index is 14.0. The number of rotatable bonds is 8. The lowest BCUT2D eigenvalue weighted by Crippen LogP contribution is -2.57. The minimum absolute atomic E-state index is 0.0196. The Labute approximate surface area is 189 Å². The van der Waals surface area contributed by atoms with Crippen LogP contribution < -0.4 is 0 Å². The molecular formula is C27H46O4. The standard InChI is InChI=1S/C27H46O4/c1-17(2)7-6-8-18(3)21-9-10-22(25(21,4)13-14-28)20-15-23-27(31-23)16-19(29)11-12-26(27,5)24(20)30/h17-23,28-29H,6-16H2,1-5H3/t18-,19+,20+,21?,22+,23-,25?,26-,27-/m1/s1. The van der Waals surface area contributed by atoms with E-state index in [4.69, 9.17) is 4.74 Å². The van der Waals surface area contributed by atoms with Crippen LogP contribution in [0.1, 0.15) is 98.8 Å². The zero-order valence-electron chi connectivity index (χ0n) is 20.5. The summed E-state index contributed by atoms with van der Waals surface area (Å²) in [5, 5.41) is 20.3. The Morgan fingerprint density at radius 1 is 1.13 bits per heavy atom. The number of Topliss-reactive ketones (excluding diaryl/α,β-unsaturated/α-hetero) is 1. The van der Waals surface area contributed by atoms with Crippen molar-refractivity contribution in [2.75, 3.05) is 6.61 Å². The maximum Gasteiger partial charge on any atom is 0.145 e. The summed E-state index contributed by atoms with van der Waals surface area (Å²) in [5.41, 5.74) is -0.819. The summed E-state index contributed by atoms with van der Waals surface area (Å²) in [4.78, 5) is 14.0. The molecule has 0 amide bonds. The molecule has 0 radical (unpaired) electrons. The summed E-state index contributed by atoms with van der Waals surface area (Å²) < 4.78 is 6.25. The SMILES string of the molecule is CC(C)CCC[C@@H](C)C1CC[C@@H]([C@@H]2C[C@H]3O[C@]34C[C@@H](O)CC[C@]4(C)C2=O)C1(C)CCO. The number of hydrogen-bond acceptors (Lipinski definition) is 4. The summed E-state index contributed by atoms with van der Waals surface area (Å²) in [6, 6.07) is 0. The van der Waals surface area contributed by atoms with E-state index in [-0.39, 0.29) is 30.1 Å². The highest BCUT2D eigenvalue weighted by Gasteiger charge is 2.75. The summed E-state index contributed by atoms with van der Waals surface area (Å²) in [7, 11) is 0. The molecule has 0 aromatic carbocycles. The number of epoxide rings is 1. The third kappa shape index (κ3) is 3.73. The van der Waals surface area contributed by atoms with Crippen LogP contribution in [0.2, 0.25) is 0 Å². The highest BCUT2D eigenvalue weighted by Crippen LogP contribution is 2.68. The third-order valence-electron chi connectivity index (χ3n) is 10.4. The number of carbonyl (C=O) groups is 1. The first-order chi connectivity index (χ1) is 14.6. The van der Waals surface area contributed by atoms with E-state index in [1.165, 1.54) is 25.7 Å². The van der Waals surface area contributed by atoms with Crippen LogP contribution in [0.15, 0.2) is 0 Å². The van der Waals surface area contributed by atoms with Crippen molar-refractivity contribution in [2.45, 2.75) is 117 Å². The van der Waals surface area contributed by atoms with E-state index in [1.54, 1.807) is 0 Å². The second-order valence-electron chi connectivity index (χ2n) is 12.5. The van der Waals surface area contributed by atoms with E-state index in [9.17, 15) is 15.0 Å². The van der Waals surface area contributed by atoms with E-state index in [0.717, 1.165) is 31.6 Å². The van der Waals surface area contributed by atoms with Gasteiger partial charge in [-0.05, 0) is 74.5 Å². The van der Waals surface area contributed by atoms with Crippen molar-refractivity contribution in [1.29, 1.82) is 0 Å². The van der Waals surface area contributed by atoms with Gasteiger partial charge in [0.05, 0.1) is 17.6 Å². The number of aliphatic hydroxyl groups excluding tert-OH is 2. The molecule has 4 fully saturated rings. The predicted molar refractivity (Wildman–Crippen MR) is 123 cm³/mol. The lowest BCUT2D eigenvalue weighted by atomic mass is 9.52. The Morgan fingerprint density at radius 2 is 1.87 bits per heavy atom. The van der Waals surface area contributed by atoms with Gasteiger partial charge in [-0.3, -0.25) is 4.79 Å². The summed E-state index contributed by atoms with van der Waals surface area (Å²) >= 11 is 0. The first-order valence-corrected chi connectivity index (χ1v) is 13.1. The fourth-order valence-electron chi connectivity index (χ4n) is 8.44. The lowest BCUT2D eigenvalue weighted by molar-refractivity contribution is -0.147. The molecule has 178 valence electrons. The van der Waals surface area contributed by atoms with Crippen molar-refractivity contribution in [3.8, 4) is 0 Å². The van der Waals surface area contributed by atoms with Crippen LogP contribution in [-0.4, -0.2) is 40.4 Å². The van der Waals surface area contributed by atoms with Gasteiger partial charge in [0, 0.05) is 18.9 Å². The van der Waals surface area contributed by atoms with Gasteiger partial charge in [-0.15, -0.1) is 0 Å². The van der Waals surface area contributed by atoms with Crippen molar-refractivity contribution in [3.05, 3.63) is 0 Å². The summed E-state index contributed by atoms with van der Waals surface area (Å²) in [6.07, 6.45) is 9.60. The Bertz CT molecular complexity index is 676. The van der Waals surface area contributed by atoms with Gasteiger partial charge in [0.1, 0.15) is 11.4 Å². The summed E-state index contributed by atoms with van der Waals surface area (Å²) in [5.74, 6) is 2.75. The van der Waals surface area contributed by atoms with E-state index >= 15 is 0 Å². The van der Waals surface area contributed by atoms with Crippen molar-refractivity contribution in [3.63, 3.8) is 0 Å². The number of aliphatic hydroxyl groups is 2. The van der Waals surface area contributed by atoms with Crippen LogP contribution in [0.25, 0.3) is 0 Å². The van der Waals surface area contributed by atoms with Gasteiger partial charge in [0.2, 0.25) is 0 Å². The molecule has 0 bridgehead atoms. The quantitative estimate of drug-likeness (QED) is 0.519. The van der Waals surface area contributed by atoms with Gasteiger partial charge in [-0.1, -0.05) is 47.0 Å². The van der Waals surface area contributed by atoms with Crippen molar-refractivity contribution < 1.29 is 19.7 Å². The molecule has 31 heavy (non-hydrogen) atoms. The zero-order valence-corrected chi connectivity index (χ0v) is 20.5. The normalized spacial score (nSPS) is 47.9. The molecule has 1 saturated heterocycles. The zero-order chi connectivity index (χ0) is 22.6. The molecule has 4 rings (SSSR count). The van der Waals surface area contributed by atoms with Crippen LogP contribution in [0.5, 0.6) is 0 Å². The molecule has 0 aromatic heterocycles. The number of ether oxygens (including phenoxy) is 1. The minimum Gasteiger partial charge on any atom is -0.396 e. The predicted octanol–water partition coefficient (Wildman–Crippen LogP) is 5.14. The first-order valence-electron chi connectivity index (χ1n) is 13.1. The van der Waals surface area contributed by atoms with Crippen molar-refractivity contribution in [1.82, 2.24) is 0 Å². The number of ketones is 1. The molecule has 2 unspecified atom stereocenters. The Hall–Kier alpha value is -0.450. The molecule has 2 N–H and O–H groups in total. The fraction of sp³-hybridized carbons (Fsp3) is 0.963.